The van der Waals surface area contributed by atoms with Gasteiger partial charge in [-0.05, 0) is 97.6 Å². The summed E-state index contributed by atoms with van der Waals surface area (Å²) in [5.74, 6) is 1.09. The number of hydrogen-bond donors (Lipinski definition) is 2. The monoisotopic (exact) mass is 538 g/mol. The van der Waals surface area contributed by atoms with Gasteiger partial charge in [0.15, 0.2) is 0 Å². The molecule has 212 valence electrons. The van der Waals surface area contributed by atoms with Crippen LogP contribution in [0.3, 0.4) is 0 Å². The van der Waals surface area contributed by atoms with E-state index in [2.05, 4.69) is 10.6 Å². The van der Waals surface area contributed by atoms with Crippen LogP contribution in [0.2, 0.25) is 6.32 Å². The van der Waals surface area contributed by atoms with Crippen LogP contribution in [0.15, 0.2) is 54.6 Å². The average Bonchev–Trinajstić information content (AvgIpc) is 3.04. The van der Waals surface area contributed by atoms with Crippen molar-refractivity contribution in [3.8, 4) is 11.5 Å². The largest absolute Gasteiger partial charge is 0.457 e. The molecule has 9 heteroatoms. The molecule has 1 atom stereocenters. The number of amides is 2. The fourth-order valence-electron chi connectivity index (χ4n) is 4.10. The Labute approximate surface area is 233 Å². The van der Waals surface area contributed by atoms with Gasteiger partial charge in [-0.1, -0.05) is 37.5 Å². The van der Waals surface area contributed by atoms with Crippen LogP contribution in [0, 0.1) is 0 Å². The third-order valence-electron chi connectivity index (χ3n) is 6.84. The molecule has 1 saturated heterocycles. The number of para-hydroxylation sites is 1. The van der Waals surface area contributed by atoms with E-state index in [1.807, 2.05) is 58.0 Å². The lowest BCUT2D eigenvalue weighted by Gasteiger charge is -2.32. The van der Waals surface area contributed by atoms with Gasteiger partial charge in [-0.15, -0.1) is 0 Å². The highest BCUT2D eigenvalue weighted by Gasteiger charge is 2.50. The highest BCUT2D eigenvalue weighted by Crippen LogP contribution is 2.38. The maximum absolute atomic E-state index is 13.2. The van der Waals surface area contributed by atoms with Crippen molar-refractivity contribution in [2.75, 3.05) is 5.32 Å². The molecule has 0 radical (unpaired) electrons. The van der Waals surface area contributed by atoms with Crippen molar-refractivity contribution < 1.29 is 28.4 Å². The molecule has 1 aliphatic heterocycles. The van der Waals surface area contributed by atoms with Crippen molar-refractivity contribution in [2.24, 2.45) is 0 Å². The normalized spacial score (nSPS) is 16.8. The summed E-state index contributed by atoms with van der Waals surface area (Å²) in [7, 11) is -0.233. The zero-order valence-corrected chi connectivity index (χ0v) is 24.3. The van der Waals surface area contributed by atoms with Gasteiger partial charge in [-0.3, -0.25) is 4.79 Å². The molecule has 0 spiro atoms. The highest BCUT2D eigenvalue weighted by molar-refractivity contribution is 6.45. The summed E-state index contributed by atoms with van der Waals surface area (Å²) in [6.07, 6.45) is 3.14. The van der Waals surface area contributed by atoms with Crippen LogP contribution in [0.5, 0.6) is 11.5 Å². The summed E-state index contributed by atoms with van der Waals surface area (Å²) < 4.78 is 23.3. The molecule has 1 heterocycles. The lowest BCUT2D eigenvalue weighted by Crippen LogP contribution is -2.45. The Balaban J connectivity index is 1.53. The van der Waals surface area contributed by atoms with E-state index in [9.17, 15) is 9.59 Å². The van der Waals surface area contributed by atoms with E-state index >= 15 is 0 Å². The van der Waals surface area contributed by atoms with E-state index in [0.717, 1.165) is 31.3 Å². The zero-order valence-electron chi connectivity index (χ0n) is 24.3. The molecule has 0 aliphatic carbocycles. The predicted octanol–water partition coefficient (Wildman–Crippen LogP) is 6.96. The maximum atomic E-state index is 13.2. The number of anilines is 1. The van der Waals surface area contributed by atoms with Gasteiger partial charge >= 0.3 is 13.2 Å². The van der Waals surface area contributed by atoms with Gasteiger partial charge in [0, 0.05) is 5.69 Å². The Kier molecular flexibility index (Phi) is 10.1. The van der Waals surface area contributed by atoms with Crippen LogP contribution in [0.1, 0.15) is 74.1 Å². The first-order valence-corrected chi connectivity index (χ1v) is 13.7. The minimum atomic E-state index is -0.739. The Morgan fingerprint density at radius 1 is 0.872 bits per heavy atom. The Hall–Kier alpha value is -3.04. The van der Waals surface area contributed by atoms with Crippen molar-refractivity contribution in [1.29, 1.82) is 0 Å². The zero-order chi connectivity index (χ0) is 28.7. The fourth-order valence-corrected chi connectivity index (χ4v) is 4.10. The summed E-state index contributed by atoms with van der Waals surface area (Å²) >= 11 is 0. The number of rotatable bonds is 11. The van der Waals surface area contributed by atoms with Crippen molar-refractivity contribution in [3.05, 3.63) is 54.6 Å². The maximum Gasteiger partial charge on any atom is 0.457 e. The van der Waals surface area contributed by atoms with Gasteiger partial charge < -0.3 is 29.4 Å². The summed E-state index contributed by atoms with van der Waals surface area (Å²) in [6, 6.07) is 15.8. The first kappa shape index (κ1) is 30.5. The van der Waals surface area contributed by atoms with Crippen LogP contribution in [-0.4, -0.2) is 42.0 Å². The Morgan fingerprint density at radius 2 is 1.46 bits per heavy atom. The molecule has 0 aromatic heterocycles. The van der Waals surface area contributed by atoms with Crippen LogP contribution in [-0.2, 0) is 18.8 Å². The van der Waals surface area contributed by atoms with Crippen molar-refractivity contribution in [3.63, 3.8) is 0 Å². The SMILES string of the molecule is CC(C)(C)OC(=O)NC(CCCCCB1OC(C)(C)C(C)(C)O1)C(=O)Nc1ccc(Oc2ccccc2)cc1. The summed E-state index contributed by atoms with van der Waals surface area (Å²) in [4.78, 5) is 25.6. The fraction of sp³-hybridized carbons (Fsp3) is 0.533. The van der Waals surface area contributed by atoms with Gasteiger partial charge in [0.2, 0.25) is 5.91 Å². The third-order valence-corrected chi connectivity index (χ3v) is 6.84. The van der Waals surface area contributed by atoms with E-state index in [-0.39, 0.29) is 24.2 Å². The van der Waals surface area contributed by atoms with Gasteiger partial charge in [-0.25, -0.2) is 4.79 Å². The molecule has 1 aliphatic rings. The third kappa shape index (κ3) is 9.58. The Morgan fingerprint density at radius 3 is 2.05 bits per heavy atom. The highest BCUT2D eigenvalue weighted by atomic mass is 16.7. The van der Waals surface area contributed by atoms with E-state index in [4.69, 9.17) is 18.8 Å². The first-order chi connectivity index (χ1) is 18.2. The lowest BCUT2D eigenvalue weighted by atomic mass is 9.82. The van der Waals surface area contributed by atoms with Crippen LogP contribution >= 0.6 is 0 Å². The molecule has 2 N–H and O–H groups in total. The summed E-state index contributed by atoms with van der Waals surface area (Å²) in [5.41, 5.74) is -0.742. The molecule has 1 unspecified atom stereocenters. The second-order valence-corrected chi connectivity index (χ2v) is 12.0. The van der Waals surface area contributed by atoms with Gasteiger partial charge in [0.1, 0.15) is 23.1 Å². The second-order valence-electron chi connectivity index (χ2n) is 12.0. The topological polar surface area (TPSA) is 95.1 Å². The van der Waals surface area contributed by atoms with Crippen LogP contribution in [0.25, 0.3) is 0 Å². The molecule has 2 aromatic rings. The van der Waals surface area contributed by atoms with Crippen molar-refractivity contribution in [1.82, 2.24) is 5.32 Å². The van der Waals surface area contributed by atoms with E-state index < -0.39 is 17.7 Å². The molecule has 3 rings (SSSR count). The quantitative estimate of drug-likeness (QED) is 0.237. The molecule has 2 amide bonds. The number of nitrogens with one attached hydrogen (secondary N) is 2. The molecule has 8 nitrogen and oxygen atoms in total. The van der Waals surface area contributed by atoms with Gasteiger partial charge in [-0.2, -0.15) is 0 Å². The average molecular weight is 538 g/mol. The Bertz CT molecular complexity index is 1070. The molecular weight excluding hydrogens is 495 g/mol. The first-order valence-electron chi connectivity index (χ1n) is 13.7. The minimum absolute atomic E-state index is 0.233. The van der Waals surface area contributed by atoms with E-state index in [0.29, 0.717) is 17.9 Å². The van der Waals surface area contributed by atoms with Gasteiger partial charge in [0.25, 0.3) is 0 Å². The number of carbonyl (C=O) groups is 2. The number of ether oxygens (including phenoxy) is 2. The molecular formula is C30H43BN2O6. The lowest BCUT2D eigenvalue weighted by molar-refractivity contribution is -0.118. The number of benzene rings is 2. The van der Waals surface area contributed by atoms with Crippen LogP contribution in [0.4, 0.5) is 10.5 Å². The molecule has 0 bridgehead atoms. The minimum Gasteiger partial charge on any atom is -0.457 e. The van der Waals surface area contributed by atoms with E-state index in [1.165, 1.54) is 0 Å². The number of unbranched alkanes of at least 4 members (excludes halogenated alkanes) is 2. The second kappa shape index (κ2) is 12.9. The van der Waals surface area contributed by atoms with Crippen molar-refractivity contribution >= 4 is 24.8 Å². The number of carbonyl (C=O) groups excluding carboxylic acids is 2. The summed E-state index contributed by atoms with van der Waals surface area (Å²) in [6.45, 7) is 13.5. The smallest absolute Gasteiger partial charge is 0.457 e. The standard InChI is InChI=1S/C30H43BN2O6/c1-28(2,3)37-27(35)33-25(16-12-9-13-21-31-38-29(4,5)30(6,7)39-31)26(34)32-22-17-19-24(20-18-22)36-23-14-10-8-11-15-23/h8,10-11,14-15,17-20,25H,9,12-13,16,21H2,1-7H3,(H,32,34)(H,33,35). The van der Waals surface area contributed by atoms with Crippen molar-refractivity contribution in [2.45, 2.75) is 103 Å². The van der Waals surface area contributed by atoms with E-state index in [1.54, 1.807) is 45.0 Å². The number of hydrogen-bond acceptors (Lipinski definition) is 6. The summed E-state index contributed by atoms with van der Waals surface area (Å²) in [5, 5.41) is 5.64. The number of alkyl carbamates (subject to hydrolysis) is 1. The molecule has 0 saturated carbocycles. The van der Waals surface area contributed by atoms with Crippen LogP contribution < -0.4 is 15.4 Å². The van der Waals surface area contributed by atoms with Gasteiger partial charge in [0.05, 0.1) is 11.2 Å². The predicted molar refractivity (Wildman–Crippen MR) is 154 cm³/mol. The molecule has 1 fully saturated rings. The molecule has 39 heavy (non-hydrogen) atoms. The molecule has 2 aromatic carbocycles.